The third-order valence-electron chi connectivity index (χ3n) is 7.04. The van der Waals surface area contributed by atoms with Gasteiger partial charge in [-0.2, -0.15) is 10.4 Å². The van der Waals surface area contributed by atoms with Gasteiger partial charge in [-0.25, -0.2) is 9.50 Å². The van der Waals surface area contributed by atoms with Gasteiger partial charge in [0.05, 0.1) is 17.9 Å². The largest absolute Gasteiger partial charge is 0.331 e. The molecule has 1 atom stereocenters. The quantitative estimate of drug-likeness (QED) is 0.530. The summed E-state index contributed by atoms with van der Waals surface area (Å²) in [5.74, 6) is 0.171. The first-order valence-electron chi connectivity index (χ1n) is 12.0. The highest BCUT2D eigenvalue weighted by atomic mass is 16.2. The van der Waals surface area contributed by atoms with E-state index in [1.807, 2.05) is 26.1 Å². The van der Waals surface area contributed by atoms with Gasteiger partial charge in [-0.1, -0.05) is 19.9 Å². The molecule has 172 valence electrons. The number of nitriles is 1. The minimum Gasteiger partial charge on any atom is -0.331 e. The van der Waals surface area contributed by atoms with Gasteiger partial charge in [0.2, 0.25) is 5.91 Å². The van der Waals surface area contributed by atoms with Crippen LogP contribution in [0.25, 0.3) is 5.65 Å². The van der Waals surface area contributed by atoms with Crippen molar-refractivity contribution in [1.82, 2.24) is 24.5 Å². The van der Waals surface area contributed by atoms with Crippen molar-refractivity contribution in [3.05, 3.63) is 58.3 Å². The molecule has 0 aromatic carbocycles. The van der Waals surface area contributed by atoms with E-state index in [-0.39, 0.29) is 18.0 Å². The number of fused-ring (bicyclic) bond motifs is 2. The molecule has 0 radical (unpaired) electrons. The minimum atomic E-state index is 0.0412. The molecule has 1 aliphatic rings. The Kier molecular flexibility index (Phi) is 6.73. The van der Waals surface area contributed by atoms with Gasteiger partial charge in [0.15, 0.2) is 5.65 Å². The Balaban J connectivity index is 1.62. The molecule has 0 saturated heterocycles. The van der Waals surface area contributed by atoms with E-state index < -0.39 is 0 Å². The lowest BCUT2D eigenvalue weighted by atomic mass is 9.89. The first-order valence-corrected chi connectivity index (χ1v) is 12.0. The van der Waals surface area contributed by atoms with Crippen LogP contribution in [0.4, 0.5) is 0 Å². The second kappa shape index (κ2) is 9.70. The van der Waals surface area contributed by atoms with Crippen LogP contribution in [0.5, 0.6) is 0 Å². The van der Waals surface area contributed by atoms with Crippen molar-refractivity contribution in [2.45, 2.75) is 84.7 Å². The Hall–Kier alpha value is -3.27. The molecule has 0 fully saturated rings. The molecular formula is C26H32N6O. The maximum Gasteiger partial charge on any atom is 0.223 e. The van der Waals surface area contributed by atoms with Gasteiger partial charge in [0.25, 0.3) is 0 Å². The zero-order chi connectivity index (χ0) is 23.5. The first kappa shape index (κ1) is 22.9. The highest BCUT2D eigenvalue weighted by Crippen LogP contribution is 2.36. The highest BCUT2D eigenvalue weighted by molar-refractivity contribution is 5.77. The third-order valence-corrected chi connectivity index (χ3v) is 7.04. The number of amides is 1. The minimum absolute atomic E-state index is 0.0412. The molecule has 3 aromatic rings. The number of carbonyl (C=O) groups excluding carboxylic acids is 1. The summed E-state index contributed by atoms with van der Waals surface area (Å²) in [5.41, 5.74) is 6.19. The van der Waals surface area contributed by atoms with Gasteiger partial charge in [0, 0.05) is 30.0 Å². The fourth-order valence-electron chi connectivity index (χ4n) is 5.28. The van der Waals surface area contributed by atoms with Crippen molar-refractivity contribution in [1.29, 1.82) is 5.26 Å². The van der Waals surface area contributed by atoms with Crippen LogP contribution >= 0.6 is 0 Å². The van der Waals surface area contributed by atoms with Crippen molar-refractivity contribution in [3.63, 3.8) is 0 Å². The van der Waals surface area contributed by atoms with E-state index in [0.29, 0.717) is 24.1 Å². The molecule has 7 heteroatoms. The van der Waals surface area contributed by atoms with E-state index in [0.717, 1.165) is 54.7 Å². The molecule has 1 aliphatic carbocycles. The smallest absolute Gasteiger partial charge is 0.223 e. The molecule has 33 heavy (non-hydrogen) atoms. The fraction of sp³-hybridized carbons (Fsp3) is 0.500. The molecule has 0 N–H and O–H groups in total. The molecule has 1 amide bonds. The molecule has 0 saturated carbocycles. The second-order valence-electron chi connectivity index (χ2n) is 8.89. The SMILES string of the molecule is CCC(CC)N(C(=O)CCc1c(C)nc2c(C#N)cnn2c1C)[C@H]1CCCc2cccnc21. The Labute approximate surface area is 195 Å². The van der Waals surface area contributed by atoms with Gasteiger partial charge in [-0.15, -0.1) is 0 Å². The molecule has 3 heterocycles. The Bertz CT molecular complexity index is 1200. The van der Waals surface area contributed by atoms with E-state index in [1.165, 1.54) is 5.56 Å². The maximum absolute atomic E-state index is 13.7. The summed E-state index contributed by atoms with van der Waals surface area (Å²) in [7, 11) is 0. The van der Waals surface area contributed by atoms with E-state index in [2.05, 4.69) is 41.0 Å². The second-order valence-corrected chi connectivity index (χ2v) is 8.89. The number of hydrogen-bond donors (Lipinski definition) is 0. The molecule has 4 rings (SSSR count). The van der Waals surface area contributed by atoms with E-state index >= 15 is 0 Å². The summed E-state index contributed by atoms with van der Waals surface area (Å²) in [6.45, 7) is 8.25. The van der Waals surface area contributed by atoms with Crippen molar-refractivity contribution in [2.24, 2.45) is 0 Å². The third kappa shape index (κ3) is 4.22. The van der Waals surface area contributed by atoms with Gasteiger partial charge in [-0.05, 0) is 69.6 Å². The van der Waals surface area contributed by atoms with Gasteiger partial charge < -0.3 is 4.90 Å². The van der Waals surface area contributed by atoms with Crippen LogP contribution in [0, 0.1) is 25.2 Å². The molecule has 0 aliphatic heterocycles. The molecule has 0 spiro atoms. The van der Waals surface area contributed by atoms with Crippen molar-refractivity contribution in [3.8, 4) is 6.07 Å². The van der Waals surface area contributed by atoms with Gasteiger partial charge in [-0.3, -0.25) is 9.78 Å². The van der Waals surface area contributed by atoms with E-state index in [9.17, 15) is 10.1 Å². The van der Waals surface area contributed by atoms with Crippen LogP contribution < -0.4 is 0 Å². The highest BCUT2D eigenvalue weighted by Gasteiger charge is 2.33. The zero-order valence-electron chi connectivity index (χ0n) is 20.0. The average molecular weight is 445 g/mol. The number of carbonyl (C=O) groups is 1. The Morgan fingerprint density at radius 2 is 2.12 bits per heavy atom. The predicted molar refractivity (Wildman–Crippen MR) is 127 cm³/mol. The van der Waals surface area contributed by atoms with Gasteiger partial charge >= 0.3 is 0 Å². The van der Waals surface area contributed by atoms with Crippen molar-refractivity contribution < 1.29 is 4.79 Å². The Morgan fingerprint density at radius 1 is 1.33 bits per heavy atom. The summed E-state index contributed by atoms with van der Waals surface area (Å²) in [5, 5.41) is 13.6. The molecule has 0 unspecified atom stereocenters. The van der Waals surface area contributed by atoms with Crippen LogP contribution in [-0.2, 0) is 17.6 Å². The van der Waals surface area contributed by atoms with Crippen LogP contribution in [0.3, 0.4) is 0 Å². The number of nitrogens with zero attached hydrogens (tertiary/aromatic N) is 6. The van der Waals surface area contributed by atoms with Crippen LogP contribution in [0.2, 0.25) is 0 Å². The number of rotatable bonds is 7. The first-order chi connectivity index (χ1) is 16.0. The molecule has 3 aromatic heterocycles. The van der Waals surface area contributed by atoms with Crippen LogP contribution in [-0.4, -0.2) is 36.4 Å². The maximum atomic E-state index is 13.7. The number of aryl methyl sites for hydroxylation is 3. The van der Waals surface area contributed by atoms with Crippen LogP contribution in [0.15, 0.2) is 24.5 Å². The van der Waals surface area contributed by atoms with Crippen molar-refractivity contribution >= 4 is 11.6 Å². The molecule has 0 bridgehead atoms. The Morgan fingerprint density at radius 3 is 2.85 bits per heavy atom. The monoisotopic (exact) mass is 444 g/mol. The molecular weight excluding hydrogens is 412 g/mol. The fourth-order valence-corrected chi connectivity index (χ4v) is 5.28. The van der Waals surface area contributed by atoms with Gasteiger partial charge in [0.1, 0.15) is 11.6 Å². The predicted octanol–water partition coefficient (Wildman–Crippen LogP) is 4.64. The lowest BCUT2D eigenvalue weighted by Gasteiger charge is -2.40. The summed E-state index contributed by atoms with van der Waals surface area (Å²) < 4.78 is 1.71. The molecule has 7 nitrogen and oxygen atoms in total. The van der Waals surface area contributed by atoms with Crippen LogP contribution in [0.1, 0.15) is 85.8 Å². The lowest BCUT2D eigenvalue weighted by molar-refractivity contribution is -0.137. The average Bonchev–Trinajstić information content (AvgIpc) is 3.25. The summed E-state index contributed by atoms with van der Waals surface area (Å²) in [6.07, 6.45) is 9.33. The van der Waals surface area contributed by atoms with E-state index in [4.69, 9.17) is 4.98 Å². The number of pyridine rings is 1. The number of aromatic nitrogens is 4. The topological polar surface area (TPSA) is 87.2 Å². The zero-order valence-corrected chi connectivity index (χ0v) is 20.0. The standard InChI is InChI=1S/C26H32N6O/c1-5-21(6-2)31(23-11-7-9-19-10-8-14-28-25(19)23)24(33)13-12-22-17(3)30-26-20(15-27)16-29-32(26)18(22)4/h8,10,14,16,21,23H,5-7,9,11-13H2,1-4H3/t23-/m0/s1. The lowest BCUT2D eigenvalue weighted by Crippen LogP contribution is -2.44. The number of hydrogen-bond acceptors (Lipinski definition) is 5. The van der Waals surface area contributed by atoms with Crippen molar-refractivity contribution in [2.75, 3.05) is 0 Å². The van der Waals surface area contributed by atoms with E-state index in [1.54, 1.807) is 10.7 Å². The summed E-state index contributed by atoms with van der Waals surface area (Å²) in [4.78, 5) is 25.2. The summed E-state index contributed by atoms with van der Waals surface area (Å²) >= 11 is 0. The normalized spacial score (nSPS) is 15.5. The summed E-state index contributed by atoms with van der Waals surface area (Å²) in [6, 6.07) is 6.53.